The first-order chi connectivity index (χ1) is 17.0. The molecule has 0 aromatic heterocycles. The lowest BCUT2D eigenvalue weighted by Crippen LogP contribution is -2.34. The number of alkyl halides is 3. The monoisotopic (exact) mass is 524 g/mol. The number of unbranched alkanes of at least 4 members (excludes halogenated alkanes) is 1. The van der Waals surface area contributed by atoms with Crippen molar-refractivity contribution in [2.24, 2.45) is 0 Å². The van der Waals surface area contributed by atoms with Crippen LogP contribution in [0, 0.1) is 10.1 Å². The Bertz CT molecular complexity index is 1230. The van der Waals surface area contributed by atoms with E-state index in [1.165, 1.54) is 24.3 Å². The minimum absolute atomic E-state index is 0.00821. The van der Waals surface area contributed by atoms with Gasteiger partial charge in [-0.2, -0.15) is 13.2 Å². The molecule has 3 rings (SSSR count). The molecule has 0 N–H and O–H groups in total. The molecule has 13 heteroatoms. The van der Waals surface area contributed by atoms with Gasteiger partial charge >= 0.3 is 17.8 Å². The van der Waals surface area contributed by atoms with E-state index in [0.29, 0.717) is 30.3 Å². The lowest BCUT2D eigenvalue weighted by molar-refractivity contribution is -0.385. The van der Waals surface area contributed by atoms with Crippen LogP contribution in [0.25, 0.3) is 6.08 Å². The minimum Gasteiger partial charge on any atom is -0.464 e. The normalized spacial score (nSPS) is 14.9. The Balaban J connectivity index is 1.85. The van der Waals surface area contributed by atoms with Gasteiger partial charge in [0.15, 0.2) is 0 Å². The Hall–Kier alpha value is -3.87. The number of rotatable bonds is 9. The number of hydrogen-bond acceptors (Lipinski definition) is 8. The van der Waals surface area contributed by atoms with Gasteiger partial charge in [-0.05, 0) is 42.5 Å². The van der Waals surface area contributed by atoms with Crippen molar-refractivity contribution in [3.63, 3.8) is 0 Å². The maximum absolute atomic E-state index is 13.0. The number of nitro benzene ring substituents is 1. The zero-order valence-electron chi connectivity index (χ0n) is 18.7. The van der Waals surface area contributed by atoms with Crippen molar-refractivity contribution in [3.05, 3.63) is 68.6 Å². The van der Waals surface area contributed by atoms with E-state index < -0.39 is 51.8 Å². The number of nitro groups is 1. The molecule has 0 saturated carbocycles. The first-order valence-electron chi connectivity index (χ1n) is 10.5. The van der Waals surface area contributed by atoms with Gasteiger partial charge in [0.1, 0.15) is 12.3 Å². The van der Waals surface area contributed by atoms with Crippen LogP contribution in [-0.4, -0.2) is 40.1 Å². The van der Waals surface area contributed by atoms with E-state index in [1.54, 1.807) is 6.07 Å². The van der Waals surface area contributed by atoms with Crippen molar-refractivity contribution < 1.29 is 42.0 Å². The molecule has 2 amide bonds. The number of nitrogens with zero attached hydrogens (tertiary/aromatic N) is 2. The van der Waals surface area contributed by atoms with Crippen molar-refractivity contribution in [1.29, 1.82) is 0 Å². The number of benzene rings is 2. The van der Waals surface area contributed by atoms with Gasteiger partial charge in [-0.25, -0.2) is 0 Å². The molecule has 2 aromatic rings. The third-order valence-corrected chi connectivity index (χ3v) is 5.74. The van der Waals surface area contributed by atoms with Gasteiger partial charge < -0.3 is 9.47 Å². The molecule has 0 atom stereocenters. The minimum atomic E-state index is -4.79. The smallest absolute Gasteiger partial charge is 0.416 e. The van der Waals surface area contributed by atoms with Gasteiger partial charge in [-0.3, -0.25) is 29.4 Å². The molecule has 36 heavy (non-hydrogen) atoms. The lowest BCUT2D eigenvalue weighted by Gasteiger charge is -2.12. The predicted molar refractivity (Wildman–Crippen MR) is 123 cm³/mol. The number of para-hydroxylation sites is 1. The molecule has 190 valence electrons. The van der Waals surface area contributed by atoms with Crippen LogP contribution in [0.3, 0.4) is 0 Å². The summed E-state index contributed by atoms with van der Waals surface area (Å²) >= 11 is 0.577. The SMILES string of the molecule is CCCCOC(=O)CN1C(=O)S/C(=C/c2ccccc2Oc2ccc(C(F)(F)F)cc2[N+](=O)[O-])C1=O. The fourth-order valence-corrected chi connectivity index (χ4v) is 3.85. The highest BCUT2D eigenvalue weighted by atomic mass is 32.2. The third kappa shape index (κ3) is 6.42. The molecule has 0 bridgehead atoms. The van der Waals surface area contributed by atoms with Gasteiger partial charge in [-0.1, -0.05) is 31.5 Å². The number of amides is 2. The molecule has 0 aliphatic carbocycles. The predicted octanol–water partition coefficient (Wildman–Crippen LogP) is 5.79. The van der Waals surface area contributed by atoms with Gasteiger partial charge in [0.05, 0.1) is 22.0 Å². The highest BCUT2D eigenvalue weighted by molar-refractivity contribution is 8.18. The average molecular weight is 524 g/mol. The molecule has 1 heterocycles. The maximum Gasteiger partial charge on any atom is 0.416 e. The van der Waals surface area contributed by atoms with Crippen molar-refractivity contribution >= 4 is 40.6 Å². The van der Waals surface area contributed by atoms with Crippen LogP contribution < -0.4 is 4.74 Å². The summed E-state index contributed by atoms with van der Waals surface area (Å²) in [6.45, 7) is 1.52. The van der Waals surface area contributed by atoms with Gasteiger partial charge in [0.25, 0.3) is 11.1 Å². The molecule has 9 nitrogen and oxygen atoms in total. The fourth-order valence-electron chi connectivity index (χ4n) is 3.02. The number of carbonyl (C=O) groups excluding carboxylic acids is 3. The van der Waals surface area contributed by atoms with Crippen LogP contribution in [0.5, 0.6) is 11.5 Å². The molecule has 0 spiro atoms. The third-order valence-electron chi connectivity index (χ3n) is 4.83. The summed E-state index contributed by atoms with van der Waals surface area (Å²) in [7, 11) is 0. The zero-order valence-corrected chi connectivity index (χ0v) is 19.6. The molecule has 1 fully saturated rings. The highest BCUT2D eigenvalue weighted by Crippen LogP contribution is 2.40. The average Bonchev–Trinajstić information content (AvgIpc) is 3.07. The summed E-state index contributed by atoms with van der Waals surface area (Å²) in [6.07, 6.45) is -2.05. The van der Waals surface area contributed by atoms with Gasteiger partial charge in [0, 0.05) is 11.6 Å². The molecule has 2 aromatic carbocycles. The Labute approximate surface area is 207 Å². The Morgan fingerprint density at radius 2 is 1.89 bits per heavy atom. The second-order valence-electron chi connectivity index (χ2n) is 7.42. The van der Waals surface area contributed by atoms with Crippen LogP contribution in [0.1, 0.15) is 30.9 Å². The van der Waals surface area contributed by atoms with Crippen molar-refractivity contribution in [2.45, 2.75) is 25.9 Å². The summed E-state index contributed by atoms with van der Waals surface area (Å²) in [6, 6.07) is 7.80. The number of hydrogen-bond donors (Lipinski definition) is 0. The molecule has 1 aliphatic heterocycles. The number of carbonyl (C=O) groups is 3. The number of imide groups is 1. The molecule has 1 saturated heterocycles. The van der Waals surface area contributed by atoms with Crippen molar-refractivity contribution in [1.82, 2.24) is 4.90 Å². The van der Waals surface area contributed by atoms with E-state index in [0.717, 1.165) is 17.4 Å². The van der Waals surface area contributed by atoms with E-state index >= 15 is 0 Å². The van der Waals surface area contributed by atoms with E-state index in [9.17, 15) is 37.7 Å². The van der Waals surface area contributed by atoms with Crippen LogP contribution in [0.4, 0.5) is 23.7 Å². The Kier molecular flexibility index (Phi) is 8.35. The number of esters is 1. The molecule has 0 radical (unpaired) electrons. The van der Waals surface area contributed by atoms with Gasteiger partial charge in [-0.15, -0.1) is 0 Å². The van der Waals surface area contributed by atoms with Crippen molar-refractivity contribution in [3.8, 4) is 11.5 Å². The van der Waals surface area contributed by atoms with Crippen LogP contribution in [0.15, 0.2) is 47.4 Å². The molecule has 1 aliphatic rings. The second kappa shape index (κ2) is 11.2. The topological polar surface area (TPSA) is 116 Å². The molecule has 0 unspecified atom stereocenters. The summed E-state index contributed by atoms with van der Waals surface area (Å²) in [4.78, 5) is 47.9. The molecular weight excluding hydrogens is 505 g/mol. The van der Waals surface area contributed by atoms with Crippen LogP contribution in [-0.2, 0) is 20.5 Å². The Morgan fingerprint density at radius 1 is 1.17 bits per heavy atom. The second-order valence-corrected chi connectivity index (χ2v) is 8.41. The Morgan fingerprint density at radius 3 is 2.56 bits per heavy atom. The largest absolute Gasteiger partial charge is 0.464 e. The van der Waals surface area contributed by atoms with E-state index in [4.69, 9.17) is 9.47 Å². The quantitative estimate of drug-likeness (QED) is 0.133. The summed E-state index contributed by atoms with van der Waals surface area (Å²) in [5.41, 5.74) is -1.89. The van der Waals surface area contributed by atoms with E-state index in [2.05, 4.69) is 0 Å². The summed E-state index contributed by atoms with van der Waals surface area (Å²) in [5, 5.41) is 10.7. The standard InChI is InChI=1S/C23H19F3N2O7S/c1-2-3-10-34-20(29)13-27-21(30)19(36-22(27)31)11-14-6-4-5-7-17(14)35-18-9-8-15(23(24,25)26)12-16(18)28(32)33/h4-9,11-12H,2-3,10,13H2,1H3/b19-11+. The van der Waals surface area contributed by atoms with E-state index in [1.807, 2.05) is 6.92 Å². The van der Waals surface area contributed by atoms with Crippen LogP contribution >= 0.6 is 11.8 Å². The zero-order chi connectivity index (χ0) is 26.5. The van der Waals surface area contributed by atoms with Crippen molar-refractivity contribution in [2.75, 3.05) is 13.2 Å². The van der Waals surface area contributed by atoms with Gasteiger partial charge in [0.2, 0.25) is 5.75 Å². The summed E-state index contributed by atoms with van der Waals surface area (Å²) < 4.78 is 49.4. The number of halogens is 3. The fraction of sp³-hybridized carbons (Fsp3) is 0.261. The van der Waals surface area contributed by atoms with Crippen LogP contribution in [0.2, 0.25) is 0 Å². The first-order valence-corrected chi connectivity index (χ1v) is 11.4. The van der Waals surface area contributed by atoms with E-state index in [-0.39, 0.29) is 22.8 Å². The first kappa shape index (κ1) is 26.7. The number of ether oxygens (including phenoxy) is 2. The highest BCUT2D eigenvalue weighted by Gasteiger charge is 2.37. The number of thioether (sulfide) groups is 1. The lowest BCUT2D eigenvalue weighted by atomic mass is 10.1. The maximum atomic E-state index is 13.0. The molecular formula is C23H19F3N2O7S. The summed E-state index contributed by atoms with van der Waals surface area (Å²) in [5.74, 6) is -1.93.